The summed E-state index contributed by atoms with van der Waals surface area (Å²) in [5, 5.41) is 5.41. The number of rotatable bonds is 13. The Kier molecular flexibility index (Phi) is 11.2. The Morgan fingerprint density at radius 2 is 1.46 bits per heavy atom. The van der Waals surface area contributed by atoms with Crippen LogP contribution in [0.1, 0.15) is 95.5 Å². The number of alkyl carbamates (subject to hydrolysis) is 2. The van der Waals surface area contributed by atoms with Crippen LogP contribution in [0.4, 0.5) is 18.4 Å². The second kappa shape index (κ2) is 16.6. The number of alkyl halides is 2. The number of hydrogen-bond acceptors (Lipinski definition) is 8. The fourth-order valence-electron chi connectivity index (χ4n) is 10.1. The maximum Gasteiger partial charge on any atom is 0.407 e. The van der Waals surface area contributed by atoms with Gasteiger partial charge in [-0.2, -0.15) is 8.78 Å². The summed E-state index contributed by atoms with van der Waals surface area (Å²) in [4.78, 5) is 72.1. The van der Waals surface area contributed by atoms with Crippen molar-refractivity contribution in [3.05, 3.63) is 83.6 Å². The molecule has 3 aliphatic carbocycles. The van der Waals surface area contributed by atoms with Crippen LogP contribution >= 0.6 is 0 Å². The molecule has 2 bridgehead atoms. The van der Waals surface area contributed by atoms with E-state index in [-0.39, 0.29) is 64.7 Å². The minimum Gasteiger partial charge on any atom is -0.453 e. The summed E-state index contributed by atoms with van der Waals surface area (Å²) in [5.41, 5.74) is 4.55. The van der Waals surface area contributed by atoms with Gasteiger partial charge in [0, 0.05) is 29.3 Å². The van der Waals surface area contributed by atoms with Crippen LogP contribution in [0.5, 0.6) is 0 Å². The Bertz CT molecular complexity index is 2690. The molecule has 3 fully saturated rings. The summed E-state index contributed by atoms with van der Waals surface area (Å²) in [5.74, 6) is -2.68. The quantitative estimate of drug-likeness (QED) is 0.0909. The maximum absolute atomic E-state index is 16.6. The molecule has 4 amide bonds. The van der Waals surface area contributed by atoms with Gasteiger partial charge in [-0.25, -0.2) is 19.6 Å². The van der Waals surface area contributed by atoms with Gasteiger partial charge < -0.3 is 39.9 Å². The number of ether oxygens (including phenoxy) is 2. The van der Waals surface area contributed by atoms with Crippen LogP contribution in [0.2, 0.25) is 0 Å². The molecule has 1 aliphatic heterocycles. The normalized spacial score (nSPS) is 20.7. The number of methoxy groups -OCH3 is 2. The Hall–Kier alpha value is -6.32. The van der Waals surface area contributed by atoms with Gasteiger partial charge in [0.15, 0.2) is 0 Å². The van der Waals surface area contributed by atoms with Crippen molar-refractivity contribution in [3.63, 3.8) is 0 Å². The molecular formula is C49H56F2N8O6. The van der Waals surface area contributed by atoms with Crippen molar-refractivity contribution in [3.8, 4) is 33.5 Å². The molecule has 9 rings (SSSR count). The molecule has 5 aromatic rings. The lowest BCUT2D eigenvalue weighted by molar-refractivity contribution is -0.139. The van der Waals surface area contributed by atoms with E-state index in [2.05, 4.69) is 32.5 Å². The molecule has 0 radical (unpaired) electrons. The van der Waals surface area contributed by atoms with Crippen LogP contribution in [0.3, 0.4) is 0 Å². The summed E-state index contributed by atoms with van der Waals surface area (Å²) in [6, 6.07) is 14.0. The highest BCUT2D eigenvalue weighted by Gasteiger charge is 2.52. The van der Waals surface area contributed by atoms with Gasteiger partial charge in [-0.3, -0.25) is 9.59 Å². The lowest BCUT2D eigenvalue weighted by atomic mass is 9.95. The zero-order chi connectivity index (χ0) is 46.1. The number of likely N-dealkylation sites (tertiary alicyclic amines) is 1. The second-order valence-corrected chi connectivity index (χ2v) is 19.3. The summed E-state index contributed by atoms with van der Waals surface area (Å²) < 4.78 is 42.9. The highest BCUT2D eigenvalue weighted by Crippen LogP contribution is 2.53. The molecule has 5 atom stereocenters. The summed E-state index contributed by atoms with van der Waals surface area (Å²) in [6.45, 7) is 10.2. The fraction of sp³-hybridized carbons (Fsp3) is 0.469. The second-order valence-electron chi connectivity index (χ2n) is 19.3. The molecule has 14 nitrogen and oxygen atoms in total. The van der Waals surface area contributed by atoms with E-state index in [0.29, 0.717) is 51.7 Å². The number of H-pyrrole nitrogens is 2. The number of carbonyl (C=O) groups is 4. The largest absolute Gasteiger partial charge is 0.453 e. The molecule has 1 saturated heterocycles. The van der Waals surface area contributed by atoms with E-state index in [1.165, 1.54) is 20.3 Å². The average Bonchev–Trinajstić information content (AvgIpc) is 3.86. The third-order valence-electron chi connectivity index (χ3n) is 14.0. The van der Waals surface area contributed by atoms with E-state index in [1.807, 2.05) is 56.9 Å². The molecule has 4 aliphatic rings. The first kappa shape index (κ1) is 43.9. The first-order valence-corrected chi connectivity index (χ1v) is 22.5. The Morgan fingerprint density at radius 1 is 0.846 bits per heavy atom. The highest BCUT2D eigenvalue weighted by atomic mass is 19.3. The van der Waals surface area contributed by atoms with Gasteiger partial charge in [0.05, 0.1) is 49.7 Å². The SMILES string of the molecule is COC(=O)NC(C(=O)N(Cc1ncc(-c2ccc3c(c2)C(F)(F)c2cc(-c4ccc5nc(C6[C@H]7CC[C@H](C7)N6C(=O)C(NC(=O)OC)C(C)C)[nH]c5c4)ccc2-3)[nH]1)CC1(C)CC1)C(C)C. The number of hydrogen-bond donors (Lipinski definition) is 4. The van der Waals surface area contributed by atoms with Gasteiger partial charge >= 0.3 is 12.2 Å². The smallest absolute Gasteiger partial charge is 0.407 e. The number of benzene rings is 3. The molecular weight excluding hydrogens is 835 g/mol. The van der Waals surface area contributed by atoms with Crippen molar-refractivity contribution in [2.45, 2.75) is 103 Å². The minimum atomic E-state index is -3.29. The number of piperidine rings is 1. The standard InChI is InChI=1S/C49H56F2N8O6/c1-25(2)40(56-46(62)64-6)44(60)58(24-48(5)16-17-48)23-39-52-22-38(53-39)29-10-14-33-32-13-9-27(19-34(32)49(50,51)35(33)20-29)28-11-15-36-37(21-28)55-43(54-36)42-30-8-12-31(18-30)59(42)45(61)41(26(3)4)57-47(63)65-7/h9-11,13-15,19-22,25-26,30-31,40-42H,8,12,16-18,23-24H2,1-7H3,(H,52,53)(H,54,55)(H,56,62)(H,57,63)/t30-,31+,40?,41?,42?/m0/s1. The molecule has 3 heterocycles. The first-order chi connectivity index (χ1) is 31.0. The van der Waals surface area contributed by atoms with Gasteiger partial charge in [-0.1, -0.05) is 65.0 Å². The number of aromatic nitrogens is 4. The van der Waals surface area contributed by atoms with Crippen molar-refractivity contribution >= 4 is 35.0 Å². The number of nitrogens with zero attached hydrogens (tertiary/aromatic N) is 4. The van der Waals surface area contributed by atoms with E-state index in [1.54, 1.807) is 35.4 Å². The number of amides is 4. The topological polar surface area (TPSA) is 175 Å². The summed E-state index contributed by atoms with van der Waals surface area (Å²) >= 11 is 0. The molecule has 3 aromatic carbocycles. The third-order valence-corrected chi connectivity index (χ3v) is 14.0. The number of imidazole rings is 2. The summed E-state index contributed by atoms with van der Waals surface area (Å²) in [6.07, 6.45) is 4.93. The van der Waals surface area contributed by atoms with Crippen LogP contribution < -0.4 is 10.6 Å². The predicted octanol–water partition coefficient (Wildman–Crippen LogP) is 8.68. The van der Waals surface area contributed by atoms with Crippen LogP contribution in [-0.2, 0) is 31.5 Å². The summed E-state index contributed by atoms with van der Waals surface area (Å²) in [7, 11) is 2.53. The third kappa shape index (κ3) is 8.09. The number of aromatic amines is 2. The lowest BCUT2D eigenvalue weighted by Gasteiger charge is -2.37. The van der Waals surface area contributed by atoms with Crippen molar-refractivity contribution in [2.75, 3.05) is 20.8 Å². The van der Waals surface area contributed by atoms with Gasteiger partial charge in [0.2, 0.25) is 11.8 Å². The number of nitrogens with one attached hydrogen (secondary N) is 4. The Labute approximate surface area is 376 Å². The predicted molar refractivity (Wildman–Crippen MR) is 239 cm³/mol. The van der Waals surface area contributed by atoms with Crippen LogP contribution in [0.25, 0.3) is 44.5 Å². The molecule has 0 spiro atoms. The van der Waals surface area contributed by atoms with Gasteiger partial charge in [0.25, 0.3) is 5.92 Å². The van der Waals surface area contributed by atoms with E-state index in [4.69, 9.17) is 14.5 Å². The maximum atomic E-state index is 16.6. The van der Waals surface area contributed by atoms with Crippen molar-refractivity contribution < 1.29 is 37.4 Å². The zero-order valence-electron chi connectivity index (χ0n) is 37.8. The molecule has 4 N–H and O–H groups in total. The fourth-order valence-corrected chi connectivity index (χ4v) is 10.1. The molecule has 342 valence electrons. The molecule has 65 heavy (non-hydrogen) atoms. The molecule has 3 unspecified atom stereocenters. The van der Waals surface area contributed by atoms with Crippen molar-refractivity contribution in [1.29, 1.82) is 0 Å². The van der Waals surface area contributed by atoms with E-state index < -0.39 is 30.2 Å². The average molecular weight is 891 g/mol. The molecule has 2 aromatic heterocycles. The van der Waals surface area contributed by atoms with E-state index >= 15 is 8.78 Å². The number of halogens is 2. The highest BCUT2D eigenvalue weighted by molar-refractivity contribution is 5.89. The first-order valence-electron chi connectivity index (χ1n) is 22.5. The van der Waals surface area contributed by atoms with Gasteiger partial charge in [-0.15, -0.1) is 0 Å². The number of fused-ring (bicyclic) bond motifs is 6. The number of carbonyl (C=O) groups excluding carboxylic acids is 4. The lowest BCUT2D eigenvalue weighted by Crippen LogP contribution is -2.54. The molecule has 2 saturated carbocycles. The minimum absolute atomic E-state index is 0.0289. The van der Waals surface area contributed by atoms with Crippen LogP contribution in [0.15, 0.2) is 60.8 Å². The monoisotopic (exact) mass is 890 g/mol. The van der Waals surface area contributed by atoms with Gasteiger partial charge in [-0.05, 0) is 102 Å². The van der Waals surface area contributed by atoms with Crippen LogP contribution in [-0.4, -0.2) is 92.6 Å². The van der Waals surface area contributed by atoms with Crippen LogP contribution in [0, 0.1) is 23.2 Å². The van der Waals surface area contributed by atoms with Crippen molar-refractivity contribution in [1.82, 2.24) is 40.4 Å². The zero-order valence-corrected chi connectivity index (χ0v) is 37.8. The van der Waals surface area contributed by atoms with Gasteiger partial charge in [0.1, 0.15) is 23.7 Å². The van der Waals surface area contributed by atoms with E-state index in [9.17, 15) is 19.2 Å². The molecule has 16 heteroatoms. The van der Waals surface area contributed by atoms with E-state index in [0.717, 1.165) is 43.2 Å². The van der Waals surface area contributed by atoms with Crippen molar-refractivity contribution in [2.24, 2.45) is 23.2 Å². The Morgan fingerprint density at radius 3 is 2.11 bits per heavy atom. The Balaban J connectivity index is 0.946.